The second kappa shape index (κ2) is 5.81. The number of hydrogen-bond donors (Lipinski definition) is 1. The van der Waals surface area contributed by atoms with E-state index in [4.69, 9.17) is 4.74 Å². The molecular formula is C18H19NO3. The molecule has 0 spiro atoms. The van der Waals surface area contributed by atoms with Crippen LogP contribution in [0.4, 0.5) is 4.79 Å². The smallest absolute Gasteiger partial charge is 0.413 e. The van der Waals surface area contributed by atoms with Crippen molar-refractivity contribution in [1.29, 1.82) is 0 Å². The second-order valence-corrected chi connectivity index (χ2v) is 5.42. The number of carbonyl (C=O) groups excluding carboxylic acids is 1. The molecule has 0 radical (unpaired) electrons. The number of benzene rings is 2. The molecular weight excluding hydrogens is 278 g/mol. The minimum absolute atomic E-state index is 0.438. The molecule has 0 saturated carbocycles. The molecule has 1 amide bonds. The molecule has 4 nitrogen and oxygen atoms in total. The average Bonchev–Trinajstić information content (AvgIpc) is 2.83. The van der Waals surface area contributed by atoms with E-state index < -0.39 is 17.9 Å². The van der Waals surface area contributed by atoms with Gasteiger partial charge in [0.05, 0.1) is 0 Å². The predicted molar refractivity (Wildman–Crippen MR) is 83.0 cm³/mol. The number of cyclic esters (lactones) is 1. The average molecular weight is 297 g/mol. The van der Waals surface area contributed by atoms with Gasteiger partial charge < -0.3 is 9.84 Å². The van der Waals surface area contributed by atoms with Crippen LogP contribution in [0.3, 0.4) is 0 Å². The molecule has 1 aliphatic heterocycles. The fraction of sp³-hybridized carbons (Fsp3) is 0.278. The Morgan fingerprint density at radius 3 is 2.27 bits per heavy atom. The molecule has 0 aromatic heterocycles. The Balaban J connectivity index is 2.11. The minimum atomic E-state index is -1.49. The van der Waals surface area contributed by atoms with Crippen LogP contribution in [0, 0.1) is 0 Å². The molecule has 2 atom stereocenters. The first kappa shape index (κ1) is 14.6. The fourth-order valence-electron chi connectivity index (χ4n) is 2.93. The predicted octanol–water partition coefficient (Wildman–Crippen LogP) is 3.44. The van der Waals surface area contributed by atoms with E-state index in [1.807, 2.05) is 67.6 Å². The number of hydrogen-bond acceptors (Lipinski definition) is 3. The van der Waals surface area contributed by atoms with E-state index in [-0.39, 0.29) is 0 Å². The van der Waals surface area contributed by atoms with Gasteiger partial charge in [-0.3, -0.25) is 4.90 Å². The lowest BCUT2D eigenvalue weighted by molar-refractivity contribution is -0.109. The van der Waals surface area contributed by atoms with Crippen molar-refractivity contribution in [2.75, 3.05) is 6.54 Å². The summed E-state index contributed by atoms with van der Waals surface area (Å²) in [5.74, 6) is 0. The quantitative estimate of drug-likeness (QED) is 0.940. The Morgan fingerprint density at radius 1 is 1.09 bits per heavy atom. The maximum Gasteiger partial charge on any atom is 0.413 e. The van der Waals surface area contributed by atoms with Crippen LogP contribution < -0.4 is 0 Å². The molecule has 1 heterocycles. The third kappa shape index (κ3) is 2.25. The first-order valence-corrected chi connectivity index (χ1v) is 7.49. The van der Waals surface area contributed by atoms with Crippen LogP contribution in [0.1, 0.15) is 30.6 Å². The minimum Gasteiger partial charge on any atom is -0.436 e. The number of ether oxygens (including phenoxy) is 1. The van der Waals surface area contributed by atoms with Crippen molar-refractivity contribution in [3.8, 4) is 0 Å². The van der Waals surface area contributed by atoms with Gasteiger partial charge in [-0.25, -0.2) is 4.79 Å². The Labute approximate surface area is 130 Å². The van der Waals surface area contributed by atoms with Gasteiger partial charge in [-0.05, 0) is 12.0 Å². The van der Waals surface area contributed by atoms with Crippen LogP contribution in [-0.2, 0) is 10.5 Å². The zero-order valence-corrected chi connectivity index (χ0v) is 12.5. The highest BCUT2D eigenvalue weighted by Gasteiger charge is 2.55. The van der Waals surface area contributed by atoms with Crippen molar-refractivity contribution in [3.05, 3.63) is 71.8 Å². The van der Waals surface area contributed by atoms with E-state index in [1.54, 1.807) is 0 Å². The SMILES string of the molecule is CCCN1C(=O)O[C@H](c2ccccc2)[C@]1(O)c1ccccc1. The number of nitrogens with zero attached hydrogens (tertiary/aromatic N) is 1. The number of aliphatic hydroxyl groups is 1. The first-order chi connectivity index (χ1) is 10.7. The third-order valence-corrected chi connectivity index (χ3v) is 3.96. The molecule has 1 fully saturated rings. The molecule has 2 aromatic rings. The molecule has 0 aliphatic carbocycles. The van der Waals surface area contributed by atoms with E-state index in [1.165, 1.54) is 4.90 Å². The Morgan fingerprint density at radius 2 is 1.68 bits per heavy atom. The lowest BCUT2D eigenvalue weighted by Crippen LogP contribution is -2.46. The van der Waals surface area contributed by atoms with Gasteiger partial charge in [0.2, 0.25) is 5.72 Å². The summed E-state index contributed by atoms with van der Waals surface area (Å²) >= 11 is 0. The van der Waals surface area contributed by atoms with Gasteiger partial charge in [0, 0.05) is 12.1 Å². The Hall–Kier alpha value is -2.33. The topological polar surface area (TPSA) is 49.8 Å². The highest BCUT2D eigenvalue weighted by molar-refractivity contribution is 5.72. The van der Waals surface area contributed by atoms with Crippen LogP contribution in [0.15, 0.2) is 60.7 Å². The largest absolute Gasteiger partial charge is 0.436 e. The van der Waals surface area contributed by atoms with Crippen LogP contribution in [0.25, 0.3) is 0 Å². The third-order valence-electron chi connectivity index (χ3n) is 3.96. The summed E-state index contributed by atoms with van der Waals surface area (Å²) in [4.78, 5) is 13.7. The molecule has 1 N–H and O–H groups in total. The summed E-state index contributed by atoms with van der Waals surface area (Å²) < 4.78 is 5.52. The lowest BCUT2D eigenvalue weighted by atomic mass is 9.91. The Kier molecular flexibility index (Phi) is 3.86. The van der Waals surface area contributed by atoms with Crippen molar-refractivity contribution >= 4 is 6.09 Å². The molecule has 114 valence electrons. The monoisotopic (exact) mass is 297 g/mol. The zero-order valence-electron chi connectivity index (χ0n) is 12.5. The summed E-state index contributed by atoms with van der Waals surface area (Å²) in [5.41, 5.74) is -0.0561. The van der Waals surface area contributed by atoms with Gasteiger partial charge in [-0.15, -0.1) is 0 Å². The summed E-state index contributed by atoms with van der Waals surface area (Å²) in [6.07, 6.45) is -0.483. The van der Waals surface area contributed by atoms with Gasteiger partial charge in [-0.2, -0.15) is 0 Å². The van der Waals surface area contributed by atoms with Crippen LogP contribution >= 0.6 is 0 Å². The molecule has 3 rings (SSSR count). The van der Waals surface area contributed by atoms with Crippen LogP contribution in [0.2, 0.25) is 0 Å². The van der Waals surface area contributed by atoms with Crippen LogP contribution in [-0.4, -0.2) is 22.6 Å². The van der Waals surface area contributed by atoms with Gasteiger partial charge in [0.15, 0.2) is 6.10 Å². The maximum absolute atomic E-state index is 12.3. The normalized spacial score (nSPS) is 24.4. The molecule has 1 aliphatic rings. The fourth-order valence-corrected chi connectivity index (χ4v) is 2.93. The Bertz CT molecular complexity index is 644. The maximum atomic E-state index is 12.3. The van der Waals surface area contributed by atoms with Crippen molar-refractivity contribution in [2.45, 2.75) is 25.2 Å². The number of carbonyl (C=O) groups is 1. The standard InChI is InChI=1S/C18H19NO3/c1-2-13-19-17(20)22-16(14-9-5-3-6-10-14)18(19,21)15-11-7-4-8-12-15/h3-12,16,21H,2,13H2,1H3/t16-,18-/m1/s1. The highest BCUT2D eigenvalue weighted by Crippen LogP contribution is 2.46. The van der Waals surface area contributed by atoms with E-state index in [0.717, 1.165) is 12.0 Å². The van der Waals surface area contributed by atoms with Crippen molar-refractivity contribution in [2.24, 2.45) is 0 Å². The van der Waals surface area contributed by atoms with Crippen LogP contribution in [0.5, 0.6) is 0 Å². The van der Waals surface area contributed by atoms with Gasteiger partial charge in [-0.1, -0.05) is 67.6 Å². The van der Waals surface area contributed by atoms with E-state index in [9.17, 15) is 9.90 Å². The van der Waals surface area contributed by atoms with Crippen molar-refractivity contribution in [3.63, 3.8) is 0 Å². The summed E-state index contributed by atoms with van der Waals surface area (Å²) in [7, 11) is 0. The van der Waals surface area contributed by atoms with E-state index in [2.05, 4.69) is 0 Å². The summed E-state index contributed by atoms with van der Waals surface area (Å²) in [5, 5.41) is 11.4. The molecule has 2 aromatic carbocycles. The molecule has 1 saturated heterocycles. The van der Waals surface area contributed by atoms with Crippen molar-refractivity contribution < 1.29 is 14.6 Å². The summed E-state index contributed by atoms with van der Waals surface area (Å²) in [6, 6.07) is 18.6. The van der Waals surface area contributed by atoms with E-state index in [0.29, 0.717) is 12.1 Å². The molecule has 22 heavy (non-hydrogen) atoms. The highest BCUT2D eigenvalue weighted by atomic mass is 16.6. The summed E-state index contributed by atoms with van der Waals surface area (Å²) in [6.45, 7) is 2.40. The van der Waals surface area contributed by atoms with Gasteiger partial charge in [0.25, 0.3) is 0 Å². The van der Waals surface area contributed by atoms with E-state index >= 15 is 0 Å². The van der Waals surface area contributed by atoms with Gasteiger partial charge >= 0.3 is 6.09 Å². The van der Waals surface area contributed by atoms with Crippen molar-refractivity contribution in [1.82, 2.24) is 4.90 Å². The molecule has 4 heteroatoms. The first-order valence-electron chi connectivity index (χ1n) is 7.49. The number of amides is 1. The second-order valence-electron chi connectivity index (χ2n) is 5.42. The van der Waals surface area contributed by atoms with Gasteiger partial charge in [0.1, 0.15) is 0 Å². The molecule has 0 unspecified atom stereocenters. The zero-order chi connectivity index (χ0) is 15.6. The number of rotatable bonds is 4. The molecule has 0 bridgehead atoms. The lowest BCUT2D eigenvalue weighted by Gasteiger charge is -2.34.